The molecule has 1 amide bonds. The first kappa shape index (κ1) is 14.4. The molecule has 1 fully saturated rings. The molecule has 1 rings (SSSR count). The van der Waals surface area contributed by atoms with E-state index in [0.29, 0.717) is 4.99 Å². The zero-order chi connectivity index (χ0) is 13.4. The number of amides is 1. The Balaban J connectivity index is 2.86. The van der Waals surface area contributed by atoms with Crippen LogP contribution in [0.5, 0.6) is 0 Å². The van der Waals surface area contributed by atoms with Crippen molar-refractivity contribution in [3.63, 3.8) is 0 Å². The largest absolute Gasteiger partial charge is 0.392 e. The van der Waals surface area contributed by atoms with Crippen molar-refractivity contribution in [2.24, 2.45) is 16.6 Å². The first-order valence-electron chi connectivity index (χ1n) is 6.20. The third kappa shape index (κ3) is 2.46. The summed E-state index contributed by atoms with van der Waals surface area (Å²) in [6.07, 6.45) is 2.66. The van der Waals surface area contributed by atoms with Gasteiger partial charge in [0.25, 0.3) is 0 Å². The van der Waals surface area contributed by atoms with Crippen molar-refractivity contribution >= 4 is 23.1 Å². The lowest BCUT2D eigenvalue weighted by Crippen LogP contribution is -2.56. The average molecular weight is 256 g/mol. The topological polar surface area (TPSA) is 46.3 Å². The van der Waals surface area contributed by atoms with Gasteiger partial charge in [0.05, 0.1) is 10.4 Å². The van der Waals surface area contributed by atoms with Gasteiger partial charge in [0, 0.05) is 13.1 Å². The van der Waals surface area contributed by atoms with Crippen molar-refractivity contribution in [2.75, 3.05) is 7.05 Å². The molecule has 3 nitrogen and oxygen atoms in total. The van der Waals surface area contributed by atoms with Crippen molar-refractivity contribution in [3.8, 4) is 0 Å². The number of carbonyl (C=O) groups excluding carboxylic acids is 1. The van der Waals surface area contributed by atoms with E-state index in [9.17, 15) is 4.79 Å². The number of hydrogen-bond acceptors (Lipinski definition) is 2. The maximum absolute atomic E-state index is 12.5. The summed E-state index contributed by atoms with van der Waals surface area (Å²) in [5.74, 6) is 0.0960. The molecule has 0 aromatic heterocycles. The van der Waals surface area contributed by atoms with Gasteiger partial charge < -0.3 is 10.6 Å². The molecular formula is C13H24N2OS. The minimum Gasteiger partial charge on any atom is -0.392 e. The molecule has 1 unspecified atom stereocenters. The molecule has 0 aliphatic heterocycles. The van der Waals surface area contributed by atoms with Crippen LogP contribution in [0.25, 0.3) is 0 Å². The van der Waals surface area contributed by atoms with Crippen LogP contribution in [-0.4, -0.2) is 28.9 Å². The molecule has 0 heterocycles. The fourth-order valence-electron chi connectivity index (χ4n) is 2.19. The van der Waals surface area contributed by atoms with Crippen LogP contribution in [-0.2, 0) is 4.79 Å². The number of nitrogens with two attached hydrogens (primary N) is 1. The van der Waals surface area contributed by atoms with Crippen molar-refractivity contribution < 1.29 is 4.79 Å². The molecule has 1 aliphatic rings. The molecule has 0 bridgehead atoms. The Hall–Kier alpha value is -0.640. The average Bonchev–Trinajstić information content (AvgIpc) is 2.11. The number of nitrogens with zero attached hydrogens (tertiary/aromatic N) is 1. The Kier molecular flexibility index (Phi) is 3.87. The van der Waals surface area contributed by atoms with Gasteiger partial charge in [-0.1, -0.05) is 39.4 Å². The van der Waals surface area contributed by atoms with Gasteiger partial charge in [0.15, 0.2) is 0 Å². The van der Waals surface area contributed by atoms with E-state index >= 15 is 0 Å². The standard InChI is InChI=1S/C13H24N2OS/c1-9(12(2,3)4)15(5)11(16)13(10(14)17)7-6-8-13/h9H,6-8H2,1-5H3,(H2,14,17). The highest BCUT2D eigenvalue weighted by molar-refractivity contribution is 7.80. The smallest absolute Gasteiger partial charge is 0.235 e. The van der Waals surface area contributed by atoms with E-state index in [1.807, 2.05) is 11.9 Å². The molecule has 0 aromatic carbocycles. The zero-order valence-corrected chi connectivity index (χ0v) is 12.4. The van der Waals surface area contributed by atoms with Crippen LogP contribution in [0.3, 0.4) is 0 Å². The fourth-order valence-corrected chi connectivity index (χ4v) is 2.48. The highest BCUT2D eigenvalue weighted by Crippen LogP contribution is 2.43. The Morgan fingerprint density at radius 3 is 2.12 bits per heavy atom. The van der Waals surface area contributed by atoms with E-state index in [4.69, 9.17) is 18.0 Å². The lowest BCUT2D eigenvalue weighted by atomic mass is 9.67. The minimum absolute atomic E-state index is 0.0611. The van der Waals surface area contributed by atoms with Gasteiger partial charge in [0.2, 0.25) is 5.91 Å². The monoisotopic (exact) mass is 256 g/mol. The summed E-state index contributed by atoms with van der Waals surface area (Å²) in [6, 6.07) is 0.168. The first-order valence-corrected chi connectivity index (χ1v) is 6.61. The van der Waals surface area contributed by atoms with Gasteiger partial charge in [-0.05, 0) is 25.2 Å². The summed E-state index contributed by atoms with van der Waals surface area (Å²) < 4.78 is 0. The number of thiocarbonyl (C=S) groups is 1. The summed E-state index contributed by atoms with van der Waals surface area (Å²) >= 11 is 5.09. The molecule has 0 radical (unpaired) electrons. The van der Waals surface area contributed by atoms with Crippen LogP contribution >= 0.6 is 12.2 Å². The Morgan fingerprint density at radius 1 is 1.41 bits per heavy atom. The Bertz CT molecular complexity index is 329. The van der Waals surface area contributed by atoms with Crippen molar-refractivity contribution in [1.82, 2.24) is 4.90 Å². The van der Waals surface area contributed by atoms with Gasteiger partial charge in [-0.25, -0.2) is 0 Å². The SMILES string of the molecule is CC(N(C)C(=O)C1(C(N)=S)CCC1)C(C)(C)C. The summed E-state index contributed by atoms with van der Waals surface area (Å²) in [7, 11) is 1.86. The predicted octanol–water partition coefficient (Wildman–Crippen LogP) is 2.34. The lowest BCUT2D eigenvalue weighted by molar-refractivity contribution is -0.144. The van der Waals surface area contributed by atoms with Crippen molar-refractivity contribution in [3.05, 3.63) is 0 Å². The third-order valence-corrected chi connectivity index (χ3v) is 4.63. The van der Waals surface area contributed by atoms with Crippen molar-refractivity contribution in [1.29, 1.82) is 0 Å². The van der Waals surface area contributed by atoms with E-state index in [1.54, 1.807) is 0 Å². The van der Waals surface area contributed by atoms with Gasteiger partial charge in [-0.3, -0.25) is 4.79 Å². The van der Waals surface area contributed by atoms with E-state index < -0.39 is 5.41 Å². The second-order valence-electron chi connectivity index (χ2n) is 6.26. The van der Waals surface area contributed by atoms with E-state index in [-0.39, 0.29) is 17.4 Å². The van der Waals surface area contributed by atoms with Gasteiger partial charge in [-0.2, -0.15) is 0 Å². The van der Waals surface area contributed by atoms with Crippen molar-refractivity contribution in [2.45, 2.75) is 53.0 Å². The van der Waals surface area contributed by atoms with Gasteiger partial charge >= 0.3 is 0 Å². The van der Waals surface area contributed by atoms with Crippen LogP contribution in [0.4, 0.5) is 0 Å². The molecule has 4 heteroatoms. The first-order chi connectivity index (χ1) is 7.63. The minimum atomic E-state index is -0.552. The van der Waals surface area contributed by atoms with Crippen LogP contribution in [0, 0.1) is 10.8 Å². The van der Waals surface area contributed by atoms with E-state index in [0.717, 1.165) is 19.3 Å². The molecule has 2 N–H and O–H groups in total. The van der Waals surface area contributed by atoms with Crippen LogP contribution in [0.2, 0.25) is 0 Å². The highest BCUT2D eigenvalue weighted by atomic mass is 32.1. The number of rotatable bonds is 3. The highest BCUT2D eigenvalue weighted by Gasteiger charge is 2.49. The summed E-state index contributed by atoms with van der Waals surface area (Å²) in [5.41, 5.74) is 5.27. The number of carbonyl (C=O) groups is 1. The summed E-state index contributed by atoms with van der Waals surface area (Å²) in [5, 5.41) is 0. The molecule has 98 valence electrons. The normalized spacial score (nSPS) is 20.3. The second kappa shape index (κ2) is 4.56. The second-order valence-corrected chi connectivity index (χ2v) is 6.70. The molecule has 17 heavy (non-hydrogen) atoms. The zero-order valence-electron chi connectivity index (χ0n) is 11.5. The summed E-state index contributed by atoms with van der Waals surface area (Å²) in [6.45, 7) is 8.48. The van der Waals surface area contributed by atoms with Crippen LogP contribution in [0.15, 0.2) is 0 Å². The molecule has 0 aromatic rings. The maximum Gasteiger partial charge on any atom is 0.235 e. The lowest BCUT2D eigenvalue weighted by Gasteiger charge is -2.45. The summed E-state index contributed by atoms with van der Waals surface area (Å²) in [4.78, 5) is 14.7. The van der Waals surface area contributed by atoms with Gasteiger partial charge in [0.1, 0.15) is 0 Å². The molecule has 1 atom stereocenters. The predicted molar refractivity (Wildman–Crippen MR) is 74.8 cm³/mol. The van der Waals surface area contributed by atoms with Crippen LogP contribution < -0.4 is 5.73 Å². The van der Waals surface area contributed by atoms with Gasteiger partial charge in [-0.15, -0.1) is 0 Å². The molecule has 0 saturated heterocycles. The Morgan fingerprint density at radius 2 is 1.88 bits per heavy atom. The molecular weight excluding hydrogens is 232 g/mol. The molecule has 0 spiro atoms. The maximum atomic E-state index is 12.5. The van der Waals surface area contributed by atoms with E-state index in [2.05, 4.69) is 27.7 Å². The number of hydrogen-bond donors (Lipinski definition) is 1. The third-order valence-electron chi connectivity index (χ3n) is 4.24. The van der Waals surface area contributed by atoms with E-state index in [1.165, 1.54) is 0 Å². The molecule has 1 aliphatic carbocycles. The molecule has 1 saturated carbocycles. The Labute approximate surface area is 110 Å². The fraction of sp³-hybridized carbons (Fsp3) is 0.846. The quantitative estimate of drug-likeness (QED) is 0.788. The van der Waals surface area contributed by atoms with Crippen LogP contribution in [0.1, 0.15) is 47.0 Å².